The maximum Gasteiger partial charge on any atom is 0.263 e. The van der Waals surface area contributed by atoms with E-state index in [0.29, 0.717) is 11.4 Å². The smallest absolute Gasteiger partial charge is 0.263 e. The van der Waals surface area contributed by atoms with Gasteiger partial charge in [-0.3, -0.25) is 4.72 Å². The van der Waals surface area contributed by atoms with Gasteiger partial charge in [0, 0.05) is 5.69 Å². The molecule has 0 aliphatic heterocycles. The zero-order chi connectivity index (χ0) is 18.7. The highest BCUT2D eigenvalue weighted by Gasteiger charge is 2.15. The van der Waals surface area contributed by atoms with E-state index in [9.17, 15) is 12.8 Å². The van der Waals surface area contributed by atoms with Crippen molar-refractivity contribution in [3.63, 3.8) is 0 Å². The van der Waals surface area contributed by atoms with Crippen LogP contribution < -0.4 is 10.0 Å². The largest absolute Gasteiger partial charge is 0.354 e. The number of aryl methyl sites for hydroxylation is 2. The number of pyridine rings is 1. The molecule has 0 amide bonds. The Morgan fingerprint density at radius 3 is 2.38 bits per heavy atom. The summed E-state index contributed by atoms with van der Waals surface area (Å²) in [6, 6.07) is 14.2. The molecule has 7 heteroatoms. The minimum absolute atomic E-state index is 0.185. The van der Waals surface area contributed by atoms with Gasteiger partial charge in [-0.25, -0.2) is 17.8 Å². The monoisotopic (exact) mass is 371 g/mol. The normalized spacial score (nSPS) is 11.2. The Morgan fingerprint density at radius 1 is 0.923 bits per heavy atom. The van der Waals surface area contributed by atoms with Crippen molar-refractivity contribution < 1.29 is 12.8 Å². The first kappa shape index (κ1) is 17.9. The van der Waals surface area contributed by atoms with E-state index in [1.807, 2.05) is 13.8 Å². The predicted octanol–water partition coefficient (Wildman–Crippen LogP) is 4.38. The molecule has 0 spiro atoms. The van der Waals surface area contributed by atoms with Crippen LogP contribution in [0, 0.1) is 19.7 Å². The summed E-state index contributed by atoms with van der Waals surface area (Å²) in [5.74, 6) is -0.145. The van der Waals surface area contributed by atoms with Crippen molar-refractivity contribution in [1.29, 1.82) is 0 Å². The fourth-order valence-electron chi connectivity index (χ4n) is 2.34. The molecule has 0 fully saturated rings. The van der Waals surface area contributed by atoms with E-state index < -0.39 is 10.0 Å². The van der Waals surface area contributed by atoms with Crippen molar-refractivity contribution >= 4 is 27.2 Å². The van der Waals surface area contributed by atoms with Crippen molar-refractivity contribution in [2.75, 3.05) is 10.0 Å². The maximum atomic E-state index is 13.2. The number of hydrogen-bond donors (Lipinski definition) is 2. The summed E-state index contributed by atoms with van der Waals surface area (Å²) in [7, 11) is -3.71. The highest BCUT2D eigenvalue weighted by Crippen LogP contribution is 2.20. The Balaban J connectivity index is 1.75. The molecule has 0 atom stereocenters. The first-order chi connectivity index (χ1) is 12.3. The zero-order valence-electron chi connectivity index (χ0n) is 14.3. The Hall–Kier alpha value is -2.93. The minimum Gasteiger partial charge on any atom is -0.354 e. The Kier molecular flexibility index (Phi) is 4.90. The van der Waals surface area contributed by atoms with Crippen LogP contribution in [0.15, 0.2) is 65.7 Å². The molecular weight excluding hydrogens is 353 g/mol. The molecular formula is C19H18FN3O2S. The fraction of sp³-hybridized carbons (Fsp3) is 0.105. The highest BCUT2D eigenvalue weighted by atomic mass is 32.2. The molecule has 3 rings (SSSR count). The number of sulfonamides is 1. The number of rotatable bonds is 5. The quantitative estimate of drug-likeness (QED) is 0.698. The van der Waals surface area contributed by atoms with Crippen molar-refractivity contribution in [2.45, 2.75) is 18.7 Å². The van der Waals surface area contributed by atoms with Crippen molar-refractivity contribution in [2.24, 2.45) is 0 Å². The SMILES string of the molecule is Cc1ccc(S(=O)(=O)Nc2ccc(Nc3cccc(F)c3)cn2)cc1C. The highest BCUT2D eigenvalue weighted by molar-refractivity contribution is 7.92. The zero-order valence-corrected chi connectivity index (χ0v) is 15.1. The lowest BCUT2D eigenvalue weighted by Crippen LogP contribution is -2.14. The summed E-state index contributed by atoms with van der Waals surface area (Å²) in [5, 5.41) is 3.00. The molecule has 0 saturated carbocycles. The van der Waals surface area contributed by atoms with E-state index >= 15 is 0 Å². The van der Waals surface area contributed by atoms with Gasteiger partial charge in [0.15, 0.2) is 0 Å². The van der Waals surface area contributed by atoms with Gasteiger partial charge in [-0.1, -0.05) is 12.1 Å². The second-order valence-corrected chi connectivity index (χ2v) is 7.60. The van der Waals surface area contributed by atoms with Crippen LogP contribution in [0.25, 0.3) is 0 Å². The van der Waals surface area contributed by atoms with Crippen molar-refractivity contribution in [3.05, 3.63) is 77.7 Å². The van der Waals surface area contributed by atoms with Crippen LogP contribution in [0.1, 0.15) is 11.1 Å². The van der Waals surface area contributed by atoms with Crippen LogP contribution in [0.3, 0.4) is 0 Å². The number of aromatic nitrogens is 1. The summed E-state index contributed by atoms with van der Waals surface area (Å²) in [6.45, 7) is 3.78. The van der Waals surface area contributed by atoms with Gasteiger partial charge in [0.05, 0.1) is 16.8 Å². The lowest BCUT2D eigenvalue weighted by atomic mass is 10.1. The fourth-order valence-corrected chi connectivity index (χ4v) is 3.43. The Morgan fingerprint density at radius 2 is 1.73 bits per heavy atom. The van der Waals surface area contributed by atoms with Crippen LogP contribution in [0.2, 0.25) is 0 Å². The van der Waals surface area contributed by atoms with Crippen LogP contribution in [0.4, 0.5) is 21.6 Å². The molecule has 2 aromatic carbocycles. The first-order valence-electron chi connectivity index (χ1n) is 7.92. The second-order valence-electron chi connectivity index (χ2n) is 5.92. The van der Waals surface area contributed by atoms with E-state index in [0.717, 1.165) is 11.1 Å². The molecule has 0 aliphatic rings. The van der Waals surface area contributed by atoms with Gasteiger partial charge in [0.25, 0.3) is 10.0 Å². The molecule has 0 bridgehead atoms. The summed E-state index contributed by atoms with van der Waals surface area (Å²) in [4.78, 5) is 4.29. The van der Waals surface area contributed by atoms with E-state index in [-0.39, 0.29) is 16.5 Å². The molecule has 2 N–H and O–H groups in total. The van der Waals surface area contributed by atoms with Gasteiger partial charge in [-0.05, 0) is 67.4 Å². The van der Waals surface area contributed by atoms with Crippen LogP contribution in [-0.4, -0.2) is 13.4 Å². The average molecular weight is 371 g/mol. The second kappa shape index (κ2) is 7.13. The summed E-state index contributed by atoms with van der Waals surface area (Å²) in [5.41, 5.74) is 3.12. The molecule has 0 aliphatic carbocycles. The predicted molar refractivity (Wildman–Crippen MR) is 101 cm³/mol. The Labute approximate surface area is 152 Å². The molecule has 26 heavy (non-hydrogen) atoms. The molecule has 1 aromatic heterocycles. The van der Waals surface area contributed by atoms with Gasteiger partial charge in [-0.2, -0.15) is 0 Å². The number of anilines is 3. The van der Waals surface area contributed by atoms with Crippen LogP contribution in [-0.2, 0) is 10.0 Å². The number of nitrogens with one attached hydrogen (secondary N) is 2. The van der Waals surface area contributed by atoms with Gasteiger partial charge in [0.1, 0.15) is 11.6 Å². The third-order valence-electron chi connectivity index (χ3n) is 3.90. The summed E-state index contributed by atoms with van der Waals surface area (Å²) < 4.78 is 40.6. The van der Waals surface area contributed by atoms with Crippen LogP contribution in [0.5, 0.6) is 0 Å². The van der Waals surface area contributed by atoms with Gasteiger partial charge >= 0.3 is 0 Å². The molecule has 0 radical (unpaired) electrons. The molecule has 3 aromatic rings. The molecule has 0 unspecified atom stereocenters. The van der Waals surface area contributed by atoms with Gasteiger partial charge in [-0.15, -0.1) is 0 Å². The first-order valence-corrected chi connectivity index (χ1v) is 9.40. The van der Waals surface area contributed by atoms with Gasteiger partial charge < -0.3 is 5.32 Å². The molecule has 1 heterocycles. The van der Waals surface area contributed by atoms with E-state index in [2.05, 4.69) is 15.0 Å². The maximum absolute atomic E-state index is 13.2. The Bertz CT molecular complexity index is 1030. The number of hydrogen-bond acceptors (Lipinski definition) is 4. The lowest BCUT2D eigenvalue weighted by Gasteiger charge is -2.10. The molecule has 0 saturated heterocycles. The topological polar surface area (TPSA) is 71.1 Å². The number of nitrogens with zero attached hydrogens (tertiary/aromatic N) is 1. The lowest BCUT2D eigenvalue weighted by molar-refractivity contribution is 0.601. The van der Waals surface area contributed by atoms with E-state index in [1.165, 1.54) is 18.3 Å². The minimum atomic E-state index is -3.71. The van der Waals surface area contributed by atoms with Crippen LogP contribution >= 0.6 is 0 Å². The van der Waals surface area contributed by atoms with Crippen molar-refractivity contribution in [1.82, 2.24) is 4.98 Å². The third kappa shape index (κ3) is 4.18. The number of halogens is 1. The number of benzene rings is 2. The van der Waals surface area contributed by atoms with Gasteiger partial charge in [0.2, 0.25) is 0 Å². The summed E-state index contributed by atoms with van der Waals surface area (Å²) in [6.07, 6.45) is 1.48. The third-order valence-corrected chi connectivity index (χ3v) is 5.26. The molecule has 134 valence electrons. The molecule has 5 nitrogen and oxygen atoms in total. The van der Waals surface area contributed by atoms with Crippen molar-refractivity contribution in [3.8, 4) is 0 Å². The van der Waals surface area contributed by atoms with E-state index in [1.54, 1.807) is 42.5 Å². The summed E-state index contributed by atoms with van der Waals surface area (Å²) >= 11 is 0. The standard InChI is InChI=1S/C19H18FN3O2S/c1-13-6-8-18(10-14(13)2)26(24,25)23-19-9-7-17(12-21-19)22-16-5-3-4-15(20)11-16/h3-12,22H,1-2H3,(H,21,23). The average Bonchev–Trinajstić information content (AvgIpc) is 2.59. The van der Waals surface area contributed by atoms with E-state index in [4.69, 9.17) is 0 Å².